The molecule has 0 spiro atoms. The summed E-state index contributed by atoms with van der Waals surface area (Å²) >= 11 is 0. The molecule has 0 aromatic carbocycles. The zero-order valence-corrected chi connectivity index (χ0v) is 13.2. The molecule has 0 amide bonds. The Morgan fingerprint density at radius 2 is 2.14 bits per heavy atom. The number of hydrogen-bond donors (Lipinski definition) is 0. The molecule has 4 rings (SSSR count). The summed E-state index contributed by atoms with van der Waals surface area (Å²) in [6.07, 6.45) is 11.8. The lowest BCUT2D eigenvalue weighted by Crippen LogP contribution is -2.38. The van der Waals surface area contributed by atoms with Crippen molar-refractivity contribution >= 4 is 5.82 Å². The fraction of sp³-hybridized carbons (Fsp3) is 0.588. The van der Waals surface area contributed by atoms with E-state index in [0.29, 0.717) is 5.92 Å². The molecular formula is C17H23N5. The van der Waals surface area contributed by atoms with E-state index in [-0.39, 0.29) is 0 Å². The van der Waals surface area contributed by atoms with Crippen LogP contribution in [0.5, 0.6) is 0 Å². The van der Waals surface area contributed by atoms with Crippen molar-refractivity contribution in [2.75, 3.05) is 18.0 Å². The Morgan fingerprint density at radius 3 is 3.00 bits per heavy atom. The van der Waals surface area contributed by atoms with E-state index in [9.17, 15) is 0 Å². The summed E-state index contributed by atoms with van der Waals surface area (Å²) in [5.74, 6) is 2.99. The van der Waals surface area contributed by atoms with Crippen molar-refractivity contribution in [1.29, 1.82) is 0 Å². The molecule has 0 radical (unpaired) electrons. The highest BCUT2D eigenvalue weighted by atomic mass is 15.2. The average Bonchev–Trinajstić information content (AvgIpc) is 3.17. The van der Waals surface area contributed by atoms with Crippen LogP contribution < -0.4 is 4.90 Å². The van der Waals surface area contributed by atoms with Gasteiger partial charge in [0.25, 0.3) is 0 Å². The first-order chi connectivity index (χ1) is 10.8. The quantitative estimate of drug-likeness (QED) is 0.873. The van der Waals surface area contributed by atoms with Crippen LogP contribution in [0, 0.1) is 12.8 Å². The monoisotopic (exact) mass is 297 g/mol. The molecule has 0 unspecified atom stereocenters. The Labute approximate surface area is 131 Å². The Kier molecular flexibility index (Phi) is 3.56. The molecule has 22 heavy (non-hydrogen) atoms. The van der Waals surface area contributed by atoms with Crippen LogP contribution in [0.15, 0.2) is 18.7 Å². The van der Waals surface area contributed by atoms with E-state index in [2.05, 4.69) is 37.5 Å². The second-order valence-electron chi connectivity index (χ2n) is 6.56. The van der Waals surface area contributed by atoms with Crippen molar-refractivity contribution in [3.8, 4) is 0 Å². The van der Waals surface area contributed by atoms with E-state index in [1.807, 2.05) is 6.20 Å². The maximum Gasteiger partial charge on any atom is 0.135 e. The molecular weight excluding hydrogens is 274 g/mol. The Bertz CT molecular complexity index is 663. The molecule has 3 heterocycles. The number of fused-ring (bicyclic) bond motifs is 1. The van der Waals surface area contributed by atoms with E-state index in [1.165, 1.54) is 36.3 Å². The van der Waals surface area contributed by atoms with Crippen LogP contribution in [0.3, 0.4) is 0 Å². The number of rotatable bonds is 3. The van der Waals surface area contributed by atoms with E-state index in [4.69, 9.17) is 0 Å². The number of piperidine rings is 1. The third-order valence-corrected chi connectivity index (χ3v) is 5.05. The Morgan fingerprint density at radius 1 is 1.18 bits per heavy atom. The van der Waals surface area contributed by atoms with Gasteiger partial charge in [-0.1, -0.05) is 0 Å². The van der Waals surface area contributed by atoms with Gasteiger partial charge in [-0.2, -0.15) is 0 Å². The first-order valence-corrected chi connectivity index (χ1v) is 8.36. The van der Waals surface area contributed by atoms with Gasteiger partial charge in [0.2, 0.25) is 0 Å². The minimum atomic E-state index is 0.675. The predicted octanol–water partition coefficient (Wildman–Crippen LogP) is 2.39. The summed E-state index contributed by atoms with van der Waals surface area (Å²) in [7, 11) is 0. The van der Waals surface area contributed by atoms with Crippen LogP contribution in [-0.4, -0.2) is 32.6 Å². The zero-order chi connectivity index (χ0) is 14.9. The summed E-state index contributed by atoms with van der Waals surface area (Å²) in [5.41, 5.74) is 2.68. The lowest BCUT2D eigenvalue weighted by atomic mass is 9.97. The molecule has 1 fully saturated rings. The molecule has 2 aromatic rings. The third-order valence-electron chi connectivity index (χ3n) is 5.05. The molecule has 1 atom stereocenters. The first kappa shape index (κ1) is 13.7. The number of nitrogens with zero attached hydrogens (tertiary/aromatic N) is 5. The second kappa shape index (κ2) is 5.71. The van der Waals surface area contributed by atoms with Crippen LogP contribution in [0.25, 0.3) is 0 Å². The van der Waals surface area contributed by atoms with Gasteiger partial charge in [-0.05, 0) is 44.9 Å². The molecule has 1 aliphatic carbocycles. The molecule has 2 aliphatic rings. The van der Waals surface area contributed by atoms with Gasteiger partial charge in [0.15, 0.2) is 0 Å². The Balaban J connectivity index is 1.52. The predicted molar refractivity (Wildman–Crippen MR) is 86.0 cm³/mol. The molecule has 2 aromatic heterocycles. The normalized spacial score (nSPS) is 21.1. The van der Waals surface area contributed by atoms with Gasteiger partial charge in [-0.15, -0.1) is 0 Å². The van der Waals surface area contributed by atoms with Crippen molar-refractivity contribution in [3.05, 3.63) is 35.8 Å². The average molecular weight is 297 g/mol. The lowest BCUT2D eigenvalue weighted by molar-refractivity contribution is 0.362. The molecule has 5 nitrogen and oxygen atoms in total. The van der Waals surface area contributed by atoms with Gasteiger partial charge in [-0.25, -0.2) is 15.0 Å². The second-order valence-corrected chi connectivity index (χ2v) is 6.56. The topological polar surface area (TPSA) is 46.8 Å². The highest BCUT2D eigenvalue weighted by Crippen LogP contribution is 2.31. The van der Waals surface area contributed by atoms with Gasteiger partial charge < -0.3 is 9.47 Å². The van der Waals surface area contributed by atoms with Crippen LogP contribution in [0.4, 0.5) is 5.82 Å². The molecule has 1 aliphatic heterocycles. The van der Waals surface area contributed by atoms with Gasteiger partial charge in [0.05, 0.1) is 0 Å². The molecule has 0 saturated carbocycles. The highest BCUT2D eigenvalue weighted by Gasteiger charge is 2.26. The standard InChI is InChI=1S/C17H23N5/c1-13-18-7-9-21(13)10-14-4-3-8-22(11-14)17-15-5-2-6-16(15)19-12-20-17/h7,9,12,14H,2-6,8,10-11H2,1H3/t14-/m1/s1. The molecule has 116 valence electrons. The number of aryl methyl sites for hydroxylation is 2. The van der Waals surface area contributed by atoms with Gasteiger partial charge in [0.1, 0.15) is 18.0 Å². The van der Waals surface area contributed by atoms with E-state index in [0.717, 1.165) is 38.3 Å². The summed E-state index contributed by atoms with van der Waals surface area (Å²) < 4.78 is 2.28. The van der Waals surface area contributed by atoms with Crippen LogP contribution in [0.2, 0.25) is 0 Å². The number of aromatic nitrogens is 4. The fourth-order valence-corrected chi connectivity index (χ4v) is 3.90. The summed E-state index contributed by atoms with van der Waals surface area (Å²) in [6.45, 7) is 5.37. The minimum absolute atomic E-state index is 0.675. The number of hydrogen-bond acceptors (Lipinski definition) is 4. The maximum atomic E-state index is 4.62. The Hall–Kier alpha value is -1.91. The zero-order valence-electron chi connectivity index (χ0n) is 13.2. The van der Waals surface area contributed by atoms with E-state index >= 15 is 0 Å². The van der Waals surface area contributed by atoms with Crippen LogP contribution in [0.1, 0.15) is 36.3 Å². The molecule has 5 heteroatoms. The minimum Gasteiger partial charge on any atom is -0.356 e. The van der Waals surface area contributed by atoms with Crippen molar-refractivity contribution in [2.24, 2.45) is 5.92 Å². The van der Waals surface area contributed by atoms with E-state index < -0.39 is 0 Å². The van der Waals surface area contributed by atoms with Gasteiger partial charge >= 0.3 is 0 Å². The van der Waals surface area contributed by atoms with Crippen molar-refractivity contribution < 1.29 is 0 Å². The SMILES string of the molecule is Cc1nccn1C[C@H]1CCCN(c2ncnc3c2CCC3)C1. The number of imidazole rings is 1. The molecule has 0 N–H and O–H groups in total. The largest absolute Gasteiger partial charge is 0.356 e. The fourth-order valence-electron chi connectivity index (χ4n) is 3.90. The third kappa shape index (κ3) is 2.49. The number of anilines is 1. The maximum absolute atomic E-state index is 4.62. The summed E-state index contributed by atoms with van der Waals surface area (Å²) in [4.78, 5) is 15.9. The summed E-state index contributed by atoms with van der Waals surface area (Å²) in [5, 5.41) is 0. The molecule has 1 saturated heterocycles. The summed E-state index contributed by atoms with van der Waals surface area (Å²) in [6, 6.07) is 0. The van der Waals surface area contributed by atoms with Crippen LogP contribution in [-0.2, 0) is 19.4 Å². The highest BCUT2D eigenvalue weighted by molar-refractivity contribution is 5.50. The van der Waals surface area contributed by atoms with Crippen LogP contribution >= 0.6 is 0 Å². The van der Waals surface area contributed by atoms with Crippen molar-refractivity contribution in [1.82, 2.24) is 19.5 Å². The first-order valence-electron chi connectivity index (χ1n) is 8.36. The molecule has 0 bridgehead atoms. The lowest BCUT2D eigenvalue weighted by Gasteiger charge is -2.34. The van der Waals surface area contributed by atoms with E-state index in [1.54, 1.807) is 6.33 Å². The van der Waals surface area contributed by atoms with Gasteiger partial charge in [0, 0.05) is 43.3 Å². The van der Waals surface area contributed by atoms with Crippen molar-refractivity contribution in [2.45, 2.75) is 45.6 Å². The van der Waals surface area contributed by atoms with Gasteiger partial charge in [-0.3, -0.25) is 0 Å². The smallest absolute Gasteiger partial charge is 0.135 e. The van der Waals surface area contributed by atoms with Crippen molar-refractivity contribution in [3.63, 3.8) is 0 Å².